The number of aromatic nitrogens is 3. The highest BCUT2D eigenvalue weighted by molar-refractivity contribution is 6.00. The maximum Gasteiger partial charge on any atom is 0.256 e. The quantitative estimate of drug-likeness (QED) is 0.357. The maximum atomic E-state index is 12.9. The summed E-state index contributed by atoms with van der Waals surface area (Å²) in [7, 11) is 1.60. The number of piperidine rings is 1. The number of anilines is 4. The van der Waals surface area contributed by atoms with Crippen LogP contribution in [-0.4, -0.2) is 51.3 Å². The largest absolute Gasteiger partial charge is 0.494 e. The van der Waals surface area contributed by atoms with Crippen LogP contribution in [-0.2, 0) is 6.54 Å². The maximum absolute atomic E-state index is 12.9. The molecule has 0 atom stereocenters. The topological polar surface area (TPSA) is 162 Å². The van der Waals surface area contributed by atoms with E-state index < -0.39 is 16.9 Å². The molecular formula is C26H35N7O4. The number of amides is 1. The van der Waals surface area contributed by atoms with Gasteiger partial charge in [0, 0.05) is 31.0 Å². The van der Waals surface area contributed by atoms with E-state index in [0.717, 1.165) is 24.7 Å². The Kier molecular flexibility index (Phi) is 7.26. The molecule has 1 fully saturated rings. The summed E-state index contributed by atoms with van der Waals surface area (Å²) in [6.07, 6.45) is 4.89. The van der Waals surface area contributed by atoms with Gasteiger partial charge in [0.05, 0.1) is 30.3 Å². The van der Waals surface area contributed by atoms with Crippen LogP contribution in [0.25, 0.3) is 11.0 Å². The third kappa shape index (κ3) is 5.46. The molecule has 1 aliphatic heterocycles. The number of ether oxygens (including phenoxy) is 1. The second-order valence-electron chi connectivity index (χ2n) is 10.1. The Labute approximate surface area is 215 Å². The molecule has 1 amide bonds. The van der Waals surface area contributed by atoms with Crippen LogP contribution in [0.2, 0.25) is 0 Å². The molecular weight excluding hydrogens is 474 g/mol. The number of nitrogens with zero attached hydrogens (tertiary/aromatic N) is 4. The van der Waals surface area contributed by atoms with Gasteiger partial charge in [-0.1, -0.05) is 13.3 Å². The van der Waals surface area contributed by atoms with Crippen molar-refractivity contribution in [3.63, 3.8) is 0 Å². The molecule has 6 N–H and O–H groups in total. The number of carbonyl (C=O) groups excluding carboxylic acids is 1. The van der Waals surface area contributed by atoms with Gasteiger partial charge in [-0.05, 0) is 44.7 Å². The van der Waals surface area contributed by atoms with Crippen molar-refractivity contribution in [1.29, 1.82) is 0 Å². The number of nitrogens with two attached hydrogens (primary N) is 2. The van der Waals surface area contributed by atoms with Crippen LogP contribution in [0.15, 0.2) is 29.2 Å². The van der Waals surface area contributed by atoms with Gasteiger partial charge in [0.25, 0.3) is 5.91 Å². The second kappa shape index (κ2) is 10.3. The summed E-state index contributed by atoms with van der Waals surface area (Å²) in [5.74, 6) is 0.477. The van der Waals surface area contributed by atoms with E-state index in [2.05, 4.69) is 27.1 Å². The van der Waals surface area contributed by atoms with E-state index in [4.69, 9.17) is 16.2 Å². The van der Waals surface area contributed by atoms with Gasteiger partial charge in [-0.15, -0.1) is 0 Å². The van der Waals surface area contributed by atoms with Gasteiger partial charge in [0.15, 0.2) is 5.65 Å². The Hall–Kier alpha value is -3.86. The first-order valence-electron chi connectivity index (χ1n) is 12.4. The van der Waals surface area contributed by atoms with Gasteiger partial charge in [-0.25, -0.2) is 4.98 Å². The standard InChI is InChI=1S/C26H35N7O4/c1-5-15-8-10-32(11-9-15)16-6-7-18(19(12-16)37-4)30-25-29-13-17-21(34)20(23(28)35)22(27)33(24(17)31-25)14-26(2,3)36/h6-7,12-13,15,36H,5,8-11,14,27H2,1-4H3,(H2,28,35)(H,29,30,31). The van der Waals surface area contributed by atoms with Crippen molar-refractivity contribution in [3.05, 3.63) is 40.2 Å². The van der Waals surface area contributed by atoms with Crippen molar-refractivity contribution in [2.24, 2.45) is 11.7 Å². The minimum atomic E-state index is -1.21. The summed E-state index contributed by atoms with van der Waals surface area (Å²) < 4.78 is 7.05. The number of hydrogen-bond acceptors (Lipinski definition) is 9. The van der Waals surface area contributed by atoms with Gasteiger partial charge in [-0.3, -0.25) is 9.59 Å². The molecule has 198 valence electrons. The third-order valence-electron chi connectivity index (χ3n) is 6.82. The van der Waals surface area contributed by atoms with E-state index in [1.807, 2.05) is 18.2 Å². The van der Waals surface area contributed by atoms with Gasteiger partial charge in [-0.2, -0.15) is 4.98 Å². The van der Waals surface area contributed by atoms with Crippen molar-refractivity contribution < 1.29 is 14.6 Å². The number of nitrogen functional groups attached to an aromatic ring is 1. The first-order chi connectivity index (χ1) is 17.5. The first-order valence-corrected chi connectivity index (χ1v) is 12.4. The average molecular weight is 510 g/mol. The zero-order chi connectivity index (χ0) is 26.9. The van der Waals surface area contributed by atoms with Crippen LogP contribution in [0.4, 0.5) is 23.1 Å². The van der Waals surface area contributed by atoms with Crippen molar-refractivity contribution >= 4 is 40.1 Å². The van der Waals surface area contributed by atoms with E-state index in [1.165, 1.54) is 30.0 Å². The minimum absolute atomic E-state index is 0.0287. The Balaban J connectivity index is 1.71. The molecule has 3 aromatic rings. The molecule has 4 rings (SSSR count). The Bertz CT molecular complexity index is 1370. The molecule has 11 nitrogen and oxygen atoms in total. The minimum Gasteiger partial charge on any atom is -0.494 e. The highest BCUT2D eigenvalue weighted by Gasteiger charge is 2.25. The van der Waals surface area contributed by atoms with E-state index >= 15 is 0 Å². The lowest BCUT2D eigenvalue weighted by Gasteiger charge is -2.33. The fourth-order valence-corrected chi connectivity index (χ4v) is 4.78. The molecule has 0 unspecified atom stereocenters. The fourth-order valence-electron chi connectivity index (χ4n) is 4.78. The van der Waals surface area contributed by atoms with E-state index in [9.17, 15) is 14.7 Å². The molecule has 1 saturated heterocycles. The molecule has 1 aliphatic rings. The lowest BCUT2D eigenvalue weighted by Crippen LogP contribution is -2.33. The van der Waals surface area contributed by atoms with E-state index in [-0.39, 0.29) is 34.9 Å². The Morgan fingerprint density at radius 1 is 1.30 bits per heavy atom. The molecule has 0 saturated carbocycles. The fraction of sp³-hybridized carbons (Fsp3) is 0.462. The number of rotatable bonds is 8. The molecule has 0 bridgehead atoms. The molecule has 0 radical (unpaired) electrons. The monoisotopic (exact) mass is 509 g/mol. The van der Waals surface area contributed by atoms with Crippen LogP contribution < -0.4 is 31.8 Å². The smallest absolute Gasteiger partial charge is 0.256 e. The highest BCUT2D eigenvalue weighted by atomic mass is 16.5. The van der Waals surface area contributed by atoms with Crippen molar-refractivity contribution in [3.8, 4) is 5.75 Å². The second-order valence-corrected chi connectivity index (χ2v) is 10.1. The molecule has 3 heterocycles. The molecule has 0 spiro atoms. The zero-order valence-corrected chi connectivity index (χ0v) is 21.7. The van der Waals surface area contributed by atoms with Crippen LogP contribution >= 0.6 is 0 Å². The molecule has 37 heavy (non-hydrogen) atoms. The van der Waals surface area contributed by atoms with Crippen LogP contribution in [0.5, 0.6) is 5.75 Å². The molecule has 2 aromatic heterocycles. The number of aliphatic hydroxyl groups is 1. The average Bonchev–Trinajstić information content (AvgIpc) is 2.86. The Morgan fingerprint density at radius 2 is 2.00 bits per heavy atom. The van der Waals surface area contributed by atoms with Gasteiger partial charge in [0.2, 0.25) is 11.4 Å². The lowest BCUT2D eigenvalue weighted by molar-refractivity contribution is 0.0629. The number of pyridine rings is 1. The molecule has 11 heteroatoms. The van der Waals surface area contributed by atoms with Crippen LogP contribution in [0, 0.1) is 5.92 Å². The zero-order valence-electron chi connectivity index (χ0n) is 21.7. The summed E-state index contributed by atoms with van der Waals surface area (Å²) in [4.78, 5) is 36.0. The lowest BCUT2D eigenvalue weighted by atomic mass is 9.94. The van der Waals surface area contributed by atoms with Crippen molar-refractivity contribution in [2.45, 2.75) is 52.2 Å². The van der Waals surface area contributed by atoms with Crippen molar-refractivity contribution in [1.82, 2.24) is 14.5 Å². The number of primary amides is 1. The van der Waals surface area contributed by atoms with Crippen molar-refractivity contribution in [2.75, 3.05) is 36.1 Å². The Morgan fingerprint density at radius 3 is 2.59 bits per heavy atom. The summed E-state index contributed by atoms with van der Waals surface area (Å²) in [5.41, 5.74) is 11.2. The van der Waals surface area contributed by atoms with E-state index in [0.29, 0.717) is 11.4 Å². The van der Waals surface area contributed by atoms with Crippen LogP contribution in [0.3, 0.4) is 0 Å². The highest BCUT2D eigenvalue weighted by Crippen LogP contribution is 2.33. The number of hydrogen-bond donors (Lipinski definition) is 4. The van der Waals surface area contributed by atoms with Gasteiger partial charge >= 0.3 is 0 Å². The summed E-state index contributed by atoms with van der Waals surface area (Å²) in [6.45, 7) is 7.40. The normalized spacial score (nSPS) is 14.7. The van der Waals surface area contributed by atoms with Gasteiger partial charge < -0.3 is 36.1 Å². The SMILES string of the molecule is CCC1CCN(c2ccc(Nc3ncc4c(=O)c(C(N)=O)c(N)n(CC(C)(C)O)c4n3)c(OC)c2)CC1. The number of carbonyl (C=O) groups is 1. The summed E-state index contributed by atoms with van der Waals surface area (Å²) >= 11 is 0. The number of nitrogens with one attached hydrogen (secondary N) is 1. The third-order valence-corrected chi connectivity index (χ3v) is 6.82. The first kappa shape index (κ1) is 26.2. The summed E-state index contributed by atoms with van der Waals surface area (Å²) in [6, 6.07) is 5.92. The predicted molar refractivity (Wildman–Crippen MR) is 145 cm³/mol. The number of fused-ring (bicyclic) bond motifs is 1. The molecule has 0 aliphatic carbocycles. The van der Waals surface area contributed by atoms with E-state index in [1.54, 1.807) is 21.0 Å². The molecule has 1 aromatic carbocycles. The summed E-state index contributed by atoms with van der Waals surface area (Å²) in [5, 5.41) is 13.7. The number of methoxy groups -OCH3 is 1. The van der Waals surface area contributed by atoms with Crippen LogP contribution in [0.1, 0.15) is 50.4 Å². The predicted octanol–water partition coefficient (Wildman–Crippen LogP) is 2.62. The van der Waals surface area contributed by atoms with Gasteiger partial charge in [0.1, 0.15) is 17.1 Å². The number of benzene rings is 1.